The van der Waals surface area contributed by atoms with Crippen molar-refractivity contribution in [3.05, 3.63) is 71.0 Å². The molecule has 0 aliphatic carbocycles. The summed E-state index contributed by atoms with van der Waals surface area (Å²) in [6.45, 7) is 7.06. The van der Waals surface area contributed by atoms with Gasteiger partial charge in [0.25, 0.3) is 0 Å². The first-order valence-corrected chi connectivity index (χ1v) is 7.17. The summed E-state index contributed by atoms with van der Waals surface area (Å²) in [5.74, 6) is 0.125. The Bertz CT molecular complexity index is 530. The van der Waals surface area contributed by atoms with Gasteiger partial charge in [0.2, 0.25) is 0 Å². The molecule has 0 heterocycles. The smallest absolute Gasteiger partial charge is 0.123 e. The molecule has 106 valence electrons. The van der Waals surface area contributed by atoms with Crippen LogP contribution in [0.4, 0.5) is 4.39 Å². The lowest BCUT2D eigenvalue weighted by atomic mass is 9.88. The van der Waals surface area contributed by atoms with E-state index in [1.165, 1.54) is 5.56 Å². The first-order valence-electron chi connectivity index (χ1n) is 7.17. The molecule has 0 fully saturated rings. The molecule has 0 amide bonds. The molecule has 20 heavy (non-hydrogen) atoms. The molecule has 2 aromatic rings. The van der Waals surface area contributed by atoms with E-state index in [2.05, 4.69) is 37.4 Å². The van der Waals surface area contributed by atoms with E-state index in [4.69, 9.17) is 0 Å². The summed E-state index contributed by atoms with van der Waals surface area (Å²) in [5, 5.41) is 3.48. The summed E-state index contributed by atoms with van der Waals surface area (Å²) in [6, 6.07) is 15.8. The van der Waals surface area contributed by atoms with Gasteiger partial charge in [-0.1, -0.05) is 50.2 Å². The predicted octanol–water partition coefficient (Wildman–Crippen LogP) is 4.59. The Morgan fingerprint density at radius 3 is 2.35 bits per heavy atom. The van der Waals surface area contributed by atoms with E-state index in [1.54, 1.807) is 12.1 Å². The highest BCUT2D eigenvalue weighted by Gasteiger charge is 2.20. The van der Waals surface area contributed by atoms with Crippen molar-refractivity contribution in [2.45, 2.75) is 32.7 Å². The maximum absolute atomic E-state index is 13.7. The summed E-state index contributed by atoms with van der Waals surface area (Å²) < 4.78 is 13.7. The van der Waals surface area contributed by atoms with Crippen LogP contribution in [0.25, 0.3) is 0 Å². The fourth-order valence-corrected chi connectivity index (χ4v) is 2.70. The standard InChI is InChI=1S/C18H22FN/c1-4-20-18(14(3)15-8-6-5-7-9-15)16-10-13(2)11-17(19)12-16/h5-12,14,18,20H,4H2,1-3H3. The lowest BCUT2D eigenvalue weighted by Crippen LogP contribution is -2.26. The lowest BCUT2D eigenvalue weighted by Gasteiger charge is -2.26. The summed E-state index contributed by atoms with van der Waals surface area (Å²) in [6.07, 6.45) is 0. The van der Waals surface area contributed by atoms with Crippen LogP contribution in [0.5, 0.6) is 0 Å². The molecule has 0 saturated carbocycles. The van der Waals surface area contributed by atoms with Crippen LogP contribution in [0.1, 0.15) is 42.5 Å². The van der Waals surface area contributed by atoms with Crippen molar-refractivity contribution in [1.82, 2.24) is 5.32 Å². The van der Waals surface area contributed by atoms with Crippen molar-refractivity contribution in [1.29, 1.82) is 0 Å². The number of likely N-dealkylation sites (N-methyl/N-ethyl adjacent to an activating group) is 1. The Labute approximate surface area is 120 Å². The van der Waals surface area contributed by atoms with Gasteiger partial charge in [-0.05, 0) is 42.3 Å². The highest BCUT2D eigenvalue weighted by atomic mass is 19.1. The Hall–Kier alpha value is -1.67. The predicted molar refractivity (Wildman–Crippen MR) is 82.4 cm³/mol. The zero-order chi connectivity index (χ0) is 14.5. The van der Waals surface area contributed by atoms with Crippen molar-refractivity contribution in [3.63, 3.8) is 0 Å². The average Bonchev–Trinajstić information content (AvgIpc) is 2.44. The normalized spacial score (nSPS) is 14.0. The second kappa shape index (κ2) is 6.67. The van der Waals surface area contributed by atoms with E-state index < -0.39 is 0 Å². The Balaban J connectivity index is 2.35. The van der Waals surface area contributed by atoms with Gasteiger partial charge in [0.15, 0.2) is 0 Å². The Morgan fingerprint density at radius 2 is 1.75 bits per heavy atom. The lowest BCUT2D eigenvalue weighted by molar-refractivity contribution is 0.476. The van der Waals surface area contributed by atoms with E-state index in [9.17, 15) is 4.39 Å². The van der Waals surface area contributed by atoms with E-state index in [0.29, 0.717) is 0 Å². The summed E-state index contributed by atoms with van der Waals surface area (Å²) in [5.41, 5.74) is 3.24. The molecule has 0 spiro atoms. The minimum Gasteiger partial charge on any atom is -0.310 e. The molecule has 0 radical (unpaired) electrons. The van der Waals surface area contributed by atoms with Crippen molar-refractivity contribution in [3.8, 4) is 0 Å². The zero-order valence-electron chi connectivity index (χ0n) is 12.4. The average molecular weight is 271 g/mol. The summed E-state index contributed by atoms with van der Waals surface area (Å²) >= 11 is 0. The first kappa shape index (κ1) is 14.7. The fraction of sp³-hybridized carbons (Fsp3) is 0.333. The van der Waals surface area contributed by atoms with E-state index in [-0.39, 0.29) is 17.8 Å². The largest absolute Gasteiger partial charge is 0.310 e. The molecular formula is C18H22FN. The molecule has 2 rings (SSSR count). The van der Waals surface area contributed by atoms with Crippen molar-refractivity contribution < 1.29 is 4.39 Å². The molecule has 0 saturated heterocycles. The van der Waals surface area contributed by atoms with Gasteiger partial charge in [0.05, 0.1) is 0 Å². The topological polar surface area (TPSA) is 12.0 Å². The maximum Gasteiger partial charge on any atom is 0.123 e. The monoisotopic (exact) mass is 271 g/mol. The number of benzene rings is 2. The molecule has 1 nitrogen and oxygen atoms in total. The molecule has 2 atom stereocenters. The summed E-state index contributed by atoms with van der Waals surface area (Å²) in [7, 11) is 0. The molecule has 1 N–H and O–H groups in total. The van der Waals surface area contributed by atoms with E-state index >= 15 is 0 Å². The third-order valence-electron chi connectivity index (χ3n) is 3.67. The van der Waals surface area contributed by atoms with Crippen LogP contribution in [-0.2, 0) is 0 Å². The Kier molecular flexibility index (Phi) is 4.91. The highest BCUT2D eigenvalue weighted by molar-refractivity contribution is 5.31. The first-order chi connectivity index (χ1) is 9.61. The van der Waals surface area contributed by atoms with Gasteiger partial charge in [0, 0.05) is 12.0 Å². The Morgan fingerprint density at radius 1 is 1.05 bits per heavy atom. The van der Waals surface area contributed by atoms with Crippen molar-refractivity contribution >= 4 is 0 Å². The van der Waals surface area contributed by atoms with Crippen LogP contribution < -0.4 is 5.32 Å². The van der Waals surface area contributed by atoms with Gasteiger partial charge in [-0.15, -0.1) is 0 Å². The van der Waals surface area contributed by atoms with Crippen LogP contribution in [0, 0.1) is 12.7 Å². The zero-order valence-corrected chi connectivity index (χ0v) is 12.4. The minimum absolute atomic E-state index is 0.122. The van der Waals surface area contributed by atoms with Gasteiger partial charge in [0.1, 0.15) is 5.82 Å². The number of halogens is 1. The van der Waals surface area contributed by atoms with Gasteiger partial charge >= 0.3 is 0 Å². The van der Waals surface area contributed by atoms with Crippen LogP contribution in [0.3, 0.4) is 0 Å². The van der Waals surface area contributed by atoms with E-state index in [0.717, 1.165) is 17.7 Å². The molecule has 0 aliphatic rings. The second-order valence-corrected chi connectivity index (χ2v) is 5.30. The van der Waals surface area contributed by atoms with Crippen molar-refractivity contribution in [2.75, 3.05) is 6.54 Å². The van der Waals surface area contributed by atoms with Gasteiger partial charge in [-0.25, -0.2) is 4.39 Å². The second-order valence-electron chi connectivity index (χ2n) is 5.30. The number of hydrogen-bond acceptors (Lipinski definition) is 1. The van der Waals surface area contributed by atoms with Crippen LogP contribution >= 0.6 is 0 Å². The maximum atomic E-state index is 13.7. The van der Waals surface area contributed by atoms with Crippen LogP contribution in [-0.4, -0.2) is 6.54 Å². The fourth-order valence-electron chi connectivity index (χ4n) is 2.70. The quantitative estimate of drug-likeness (QED) is 0.838. The van der Waals surface area contributed by atoms with Gasteiger partial charge in [-0.2, -0.15) is 0 Å². The van der Waals surface area contributed by atoms with E-state index in [1.807, 2.05) is 25.1 Å². The molecular weight excluding hydrogens is 249 g/mol. The number of aryl methyl sites for hydroxylation is 1. The third kappa shape index (κ3) is 3.45. The molecule has 2 unspecified atom stereocenters. The van der Waals surface area contributed by atoms with Crippen LogP contribution in [0.15, 0.2) is 48.5 Å². The van der Waals surface area contributed by atoms with Gasteiger partial charge < -0.3 is 5.32 Å². The highest BCUT2D eigenvalue weighted by Crippen LogP contribution is 2.31. The molecule has 0 aliphatic heterocycles. The SMILES string of the molecule is CCNC(c1cc(C)cc(F)c1)C(C)c1ccccc1. The number of nitrogens with one attached hydrogen (secondary N) is 1. The van der Waals surface area contributed by atoms with Crippen molar-refractivity contribution in [2.24, 2.45) is 0 Å². The van der Waals surface area contributed by atoms with Gasteiger partial charge in [-0.3, -0.25) is 0 Å². The molecule has 2 aromatic carbocycles. The number of rotatable bonds is 5. The summed E-state index contributed by atoms with van der Waals surface area (Å²) in [4.78, 5) is 0. The molecule has 0 bridgehead atoms. The van der Waals surface area contributed by atoms with Crippen LogP contribution in [0.2, 0.25) is 0 Å². The third-order valence-corrected chi connectivity index (χ3v) is 3.67. The minimum atomic E-state index is -0.164. The molecule has 0 aromatic heterocycles. The molecule has 2 heteroatoms. The number of hydrogen-bond donors (Lipinski definition) is 1.